The van der Waals surface area contributed by atoms with Gasteiger partial charge < -0.3 is 10.2 Å². The monoisotopic (exact) mass is 320 g/mol. The molecule has 0 bridgehead atoms. The van der Waals surface area contributed by atoms with Crippen molar-refractivity contribution in [2.24, 2.45) is 0 Å². The zero-order valence-electron chi connectivity index (χ0n) is 13.6. The summed E-state index contributed by atoms with van der Waals surface area (Å²) in [6, 6.07) is 17.4. The third-order valence-corrected chi connectivity index (χ3v) is 4.18. The van der Waals surface area contributed by atoms with Crippen molar-refractivity contribution in [3.63, 3.8) is 0 Å². The Hall–Kier alpha value is -2.88. The lowest BCUT2D eigenvalue weighted by atomic mass is 9.93. The van der Waals surface area contributed by atoms with Crippen LogP contribution in [0.2, 0.25) is 0 Å². The third-order valence-electron chi connectivity index (χ3n) is 4.18. The van der Waals surface area contributed by atoms with Gasteiger partial charge in [-0.05, 0) is 22.8 Å². The SMILES string of the molecule is CC(=O)N1C=Cc2ccccc2[C@H]1CC(=O)NCc1ccccc1. The van der Waals surface area contributed by atoms with Crippen LogP contribution in [-0.4, -0.2) is 16.7 Å². The summed E-state index contributed by atoms with van der Waals surface area (Å²) in [4.78, 5) is 25.9. The molecule has 1 heterocycles. The van der Waals surface area contributed by atoms with Crippen molar-refractivity contribution in [2.75, 3.05) is 0 Å². The minimum absolute atomic E-state index is 0.0680. The molecule has 4 nitrogen and oxygen atoms in total. The summed E-state index contributed by atoms with van der Waals surface area (Å²) in [5, 5.41) is 2.94. The van der Waals surface area contributed by atoms with Gasteiger partial charge >= 0.3 is 0 Å². The lowest BCUT2D eigenvalue weighted by Gasteiger charge is -2.32. The van der Waals surface area contributed by atoms with Gasteiger partial charge in [-0.2, -0.15) is 0 Å². The molecule has 2 aromatic rings. The third kappa shape index (κ3) is 3.54. The molecule has 2 amide bonds. The molecule has 0 aliphatic carbocycles. The average molecular weight is 320 g/mol. The summed E-state index contributed by atoms with van der Waals surface area (Å²) in [6.07, 6.45) is 3.92. The fraction of sp³-hybridized carbons (Fsp3) is 0.200. The van der Waals surface area contributed by atoms with Crippen LogP contribution in [-0.2, 0) is 16.1 Å². The topological polar surface area (TPSA) is 49.4 Å². The molecule has 4 heteroatoms. The number of carbonyl (C=O) groups is 2. The van der Waals surface area contributed by atoms with E-state index in [2.05, 4.69) is 5.32 Å². The quantitative estimate of drug-likeness (QED) is 0.940. The molecule has 0 saturated heterocycles. The Kier molecular flexibility index (Phi) is 4.75. The van der Waals surface area contributed by atoms with Crippen LogP contribution < -0.4 is 5.32 Å². The molecule has 0 saturated carbocycles. The Morgan fingerprint density at radius 1 is 1.04 bits per heavy atom. The van der Waals surface area contributed by atoms with Crippen LogP contribution in [0, 0.1) is 0 Å². The van der Waals surface area contributed by atoms with Gasteiger partial charge in [0.15, 0.2) is 0 Å². The van der Waals surface area contributed by atoms with E-state index in [0.717, 1.165) is 16.7 Å². The smallest absolute Gasteiger partial charge is 0.223 e. The van der Waals surface area contributed by atoms with Gasteiger partial charge in [0.25, 0.3) is 0 Å². The lowest BCUT2D eigenvalue weighted by Crippen LogP contribution is -2.35. The number of amides is 2. The fourth-order valence-electron chi connectivity index (χ4n) is 2.96. The van der Waals surface area contributed by atoms with Gasteiger partial charge in [-0.1, -0.05) is 54.6 Å². The van der Waals surface area contributed by atoms with Crippen LogP contribution in [0.1, 0.15) is 36.1 Å². The number of carbonyl (C=O) groups excluding carboxylic acids is 2. The van der Waals surface area contributed by atoms with E-state index in [1.165, 1.54) is 6.92 Å². The Morgan fingerprint density at radius 3 is 2.50 bits per heavy atom. The highest BCUT2D eigenvalue weighted by Gasteiger charge is 2.27. The Balaban J connectivity index is 1.72. The first-order valence-corrected chi connectivity index (χ1v) is 8.02. The van der Waals surface area contributed by atoms with Gasteiger partial charge in [0.1, 0.15) is 0 Å². The van der Waals surface area contributed by atoms with Crippen molar-refractivity contribution in [1.82, 2.24) is 10.2 Å². The van der Waals surface area contributed by atoms with Gasteiger partial charge in [-0.3, -0.25) is 9.59 Å². The van der Waals surface area contributed by atoms with Gasteiger partial charge in [-0.15, -0.1) is 0 Å². The Labute approximate surface area is 141 Å². The Morgan fingerprint density at radius 2 is 1.75 bits per heavy atom. The van der Waals surface area contributed by atoms with Crippen molar-refractivity contribution >= 4 is 17.9 Å². The molecule has 2 aromatic carbocycles. The predicted molar refractivity (Wildman–Crippen MR) is 93.6 cm³/mol. The first-order chi connectivity index (χ1) is 11.6. The van der Waals surface area contributed by atoms with Crippen LogP contribution >= 0.6 is 0 Å². The minimum atomic E-state index is -0.264. The molecule has 0 radical (unpaired) electrons. The molecule has 24 heavy (non-hydrogen) atoms. The van der Waals surface area contributed by atoms with Gasteiger partial charge in [-0.25, -0.2) is 0 Å². The molecule has 1 N–H and O–H groups in total. The van der Waals surface area contributed by atoms with E-state index in [0.29, 0.717) is 6.54 Å². The van der Waals surface area contributed by atoms with E-state index >= 15 is 0 Å². The van der Waals surface area contributed by atoms with Crippen LogP contribution in [0.4, 0.5) is 0 Å². The summed E-state index contributed by atoms with van der Waals surface area (Å²) >= 11 is 0. The van der Waals surface area contributed by atoms with Crippen LogP contribution in [0.25, 0.3) is 6.08 Å². The number of nitrogens with zero attached hydrogens (tertiary/aromatic N) is 1. The molecular formula is C20H20N2O2. The molecule has 122 valence electrons. The second kappa shape index (κ2) is 7.13. The van der Waals surface area contributed by atoms with E-state index in [1.807, 2.05) is 60.7 Å². The average Bonchev–Trinajstić information content (AvgIpc) is 2.61. The van der Waals surface area contributed by atoms with E-state index < -0.39 is 0 Å². The zero-order valence-corrected chi connectivity index (χ0v) is 13.6. The predicted octanol–water partition coefficient (Wildman–Crippen LogP) is 3.27. The van der Waals surface area contributed by atoms with Gasteiger partial charge in [0, 0.05) is 19.7 Å². The molecule has 0 unspecified atom stereocenters. The first kappa shape index (κ1) is 16.0. The standard InChI is InChI=1S/C20H20N2O2/c1-15(23)22-12-11-17-9-5-6-10-18(17)19(22)13-20(24)21-14-16-7-3-2-4-8-16/h2-12,19H,13-14H2,1H3,(H,21,24)/t19-/m1/s1. The lowest BCUT2D eigenvalue weighted by molar-refractivity contribution is -0.130. The van der Waals surface area contributed by atoms with Crippen LogP contribution in [0.5, 0.6) is 0 Å². The largest absolute Gasteiger partial charge is 0.352 e. The van der Waals surface area contributed by atoms with E-state index in [1.54, 1.807) is 11.1 Å². The number of nitrogens with one attached hydrogen (secondary N) is 1. The number of fused-ring (bicyclic) bond motifs is 1. The minimum Gasteiger partial charge on any atom is -0.352 e. The molecule has 3 rings (SSSR count). The molecule has 0 fully saturated rings. The van der Waals surface area contributed by atoms with Crippen molar-refractivity contribution in [1.29, 1.82) is 0 Å². The van der Waals surface area contributed by atoms with Gasteiger partial charge in [0.2, 0.25) is 11.8 Å². The van der Waals surface area contributed by atoms with Crippen molar-refractivity contribution in [3.05, 3.63) is 77.5 Å². The van der Waals surface area contributed by atoms with Gasteiger partial charge in [0.05, 0.1) is 12.5 Å². The second-order valence-corrected chi connectivity index (χ2v) is 5.85. The van der Waals surface area contributed by atoms with E-state index in [9.17, 15) is 9.59 Å². The molecular weight excluding hydrogens is 300 g/mol. The Bertz CT molecular complexity index is 768. The molecule has 0 aromatic heterocycles. The second-order valence-electron chi connectivity index (χ2n) is 5.85. The first-order valence-electron chi connectivity index (χ1n) is 8.02. The maximum atomic E-state index is 12.4. The summed E-state index contributed by atoms with van der Waals surface area (Å²) in [6.45, 7) is 2.01. The maximum Gasteiger partial charge on any atom is 0.223 e. The highest BCUT2D eigenvalue weighted by Crippen LogP contribution is 2.32. The number of hydrogen-bond donors (Lipinski definition) is 1. The number of rotatable bonds is 4. The maximum absolute atomic E-state index is 12.4. The molecule has 1 aliphatic heterocycles. The summed E-state index contributed by atoms with van der Waals surface area (Å²) in [5.41, 5.74) is 3.11. The van der Waals surface area contributed by atoms with Crippen LogP contribution in [0.3, 0.4) is 0 Å². The summed E-state index contributed by atoms with van der Waals surface area (Å²) in [7, 11) is 0. The number of benzene rings is 2. The zero-order chi connectivity index (χ0) is 16.9. The highest BCUT2D eigenvalue weighted by atomic mass is 16.2. The van der Waals surface area contributed by atoms with E-state index in [4.69, 9.17) is 0 Å². The summed E-state index contributed by atoms with van der Waals surface area (Å²) in [5.74, 6) is -0.137. The van der Waals surface area contributed by atoms with E-state index in [-0.39, 0.29) is 24.3 Å². The molecule has 1 atom stereocenters. The summed E-state index contributed by atoms with van der Waals surface area (Å²) < 4.78 is 0. The van der Waals surface area contributed by atoms with Crippen molar-refractivity contribution in [3.8, 4) is 0 Å². The normalized spacial score (nSPS) is 15.7. The molecule has 1 aliphatic rings. The van der Waals surface area contributed by atoms with Crippen molar-refractivity contribution < 1.29 is 9.59 Å². The number of hydrogen-bond acceptors (Lipinski definition) is 2. The fourth-order valence-corrected chi connectivity index (χ4v) is 2.96. The van der Waals surface area contributed by atoms with Crippen molar-refractivity contribution in [2.45, 2.75) is 25.9 Å². The highest BCUT2D eigenvalue weighted by molar-refractivity contribution is 5.81. The molecule has 0 spiro atoms. The van der Waals surface area contributed by atoms with Crippen LogP contribution in [0.15, 0.2) is 60.8 Å².